The van der Waals surface area contributed by atoms with Crippen molar-refractivity contribution in [2.45, 2.75) is 20.3 Å². The van der Waals surface area contributed by atoms with Gasteiger partial charge in [0.1, 0.15) is 11.5 Å². The summed E-state index contributed by atoms with van der Waals surface area (Å²) in [5.41, 5.74) is 2.66. The molecule has 0 saturated carbocycles. The molecule has 0 spiro atoms. The van der Waals surface area contributed by atoms with Crippen LogP contribution in [-0.4, -0.2) is 18.3 Å². The molecule has 0 fully saturated rings. The Morgan fingerprint density at radius 1 is 1.05 bits per heavy atom. The molecule has 1 N–H and O–H groups in total. The van der Waals surface area contributed by atoms with Gasteiger partial charge in [-0.1, -0.05) is 36.4 Å². The van der Waals surface area contributed by atoms with Gasteiger partial charge in [-0.2, -0.15) is 0 Å². The molecular weight excluding hydrogens is 278 g/mol. The van der Waals surface area contributed by atoms with Crippen LogP contribution in [0.2, 0.25) is 0 Å². The number of carbonyl (C=O) groups excluding carboxylic acids is 2. The van der Waals surface area contributed by atoms with Crippen molar-refractivity contribution >= 4 is 17.4 Å². The van der Waals surface area contributed by atoms with E-state index < -0.39 is 0 Å². The van der Waals surface area contributed by atoms with Crippen molar-refractivity contribution in [1.82, 2.24) is 0 Å². The Bertz CT molecular complexity index is 665. The molecule has 0 bridgehead atoms. The lowest BCUT2D eigenvalue weighted by atomic mass is 10.0. The van der Waals surface area contributed by atoms with Gasteiger partial charge in [-0.15, -0.1) is 0 Å². The van der Waals surface area contributed by atoms with E-state index in [1.165, 1.54) is 6.92 Å². The fourth-order valence-corrected chi connectivity index (χ4v) is 2.13. The average molecular weight is 297 g/mol. The molecule has 0 saturated heterocycles. The van der Waals surface area contributed by atoms with Crippen LogP contribution in [0.3, 0.4) is 0 Å². The third-order valence-electron chi connectivity index (χ3n) is 3.07. The van der Waals surface area contributed by atoms with Crippen LogP contribution in [0.25, 0.3) is 11.1 Å². The van der Waals surface area contributed by atoms with Gasteiger partial charge in [0.25, 0.3) is 0 Å². The van der Waals surface area contributed by atoms with Gasteiger partial charge in [0, 0.05) is 0 Å². The first-order chi connectivity index (χ1) is 10.6. The number of benzene rings is 2. The number of Topliss-reactive ketones (excluding diaryl/α,β-unsaturated/α-hetero) is 1. The topological polar surface area (TPSA) is 55.4 Å². The number of amides is 1. The summed E-state index contributed by atoms with van der Waals surface area (Å²) in [6, 6.07) is 15.5. The monoisotopic (exact) mass is 297 g/mol. The predicted molar refractivity (Wildman–Crippen MR) is 87.0 cm³/mol. The molecule has 0 radical (unpaired) electrons. The number of anilines is 1. The predicted octanol–water partition coefficient (Wildman–Crippen LogP) is 3.67. The molecule has 114 valence electrons. The second-order valence-electron chi connectivity index (χ2n) is 4.94. The zero-order valence-corrected chi connectivity index (χ0v) is 12.8. The van der Waals surface area contributed by atoms with E-state index in [0.717, 1.165) is 11.1 Å². The molecule has 1 amide bonds. The van der Waals surface area contributed by atoms with Crippen LogP contribution >= 0.6 is 0 Å². The van der Waals surface area contributed by atoms with Crippen LogP contribution in [0, 0.1) is 0 Å². The summed E-state index contributed by atoms with van der Waals surface area (Å²) in [6.45, 7) is 3.77. The molecule has 0 aliphatic carbocycles. The van der Waals surface area contributed by atoms with E-state index in [9.17, 15) is 9.59 Å². The quantitative estimate of drug-likeness (QED) is 0.828. The van der Waals surface area contributed by atoms with Crippen molar-refractivity contribution < 1.29 is 14.3 Å². The SMILES string of the molecule is CCOc1cc(-c2ccccc2)ccc1NC(=O)CC(C)=O. The molecule has 0 unspecified atom stereocenters. The summed E-state index contributed by atoms with van der Waals surface area (Å²) >= 11 is 0. The molecule has 0 heterocycles. The number of hydrogen-bond acceptors (Lipinski definition) is 3. The molecule has 0 aliphatic heterocycles. The molecule has 2 aromatic carbocycles. The zero-order valence-electron chi connectivity index (χ0n) is 12.8. The van der Waals surface area contributed by atoms with E-state index in [-0.39, 0.29) is 18.1 Å². The molecule has 2 rings (SSSR count). The van der Waals surface area contributed by atoms with Crippen LogP contribution in [0.15, 0.2) is 48.5 Å². The first-order valence-electron chi connectivity index (χ1n) is 7.21. The highest BCUT2D eigenvalue weighted by Gasteiger charge is 2.11. The van der Waals surface area contributed by atoms with E-state index in [2.05, 4.69) is 5.32 Å². The van der Waals surface area contributed by atoms with E-state index in [1.54, 1.807) is 6.07 Å². The van der Waals surface area contributed by atoms with Crippen LogP contribution in [0.1, 0.15) is 20.3 Å². The summed E-state index contributed by atoms with van der Waals surface area (Å²) in [7, 11) is 0. The second-order valence-corrected chi connectivity index (χ2v) is 4.94. The maximum absolute atomic E-state index is 11.7. The number of nitrogens with one attached hydrogen (secondary N) is 1. The highest BCUT2D eigenvalue weighted by Crippen LogP contribution is 2.31. The standard InChI is InChI=1S/C18H19NO3/c1-3-22-17-12-15(14-7-5-4-6-8-14)9-10-16(17)19-18(21)11-13(2)20/h4-10,12H,3,11H2,1-2H3,(H,19,21). The third kappa shape index (κ3) is 4.19. The minimum absolute atomic E-state index is 0.133. The molecule has 0 atom stereocenters. The van der Waals surface area contributed by atoms with E-state index in [0.29, 0.717) is 18.0 Å². The maximum atomic E-state index is 11.7. The van der Waals surface area contributed by atoms with Gasteiger partial charge in [-0.05, 0) is 37.1 Å². The van der Waals surface area contributed by atoms with Crippen molar-refractivity contribution in [3.8, 4) is 16.9 Å². The van der Waals surface area contributed by atoms with Gasteiger partial charge < -0.3 is 10.1 Å². The van der Waals surface area contributed by atoms with Crippen LogP contribution in [0.5, 0.6) is 5.75 Å². The highest BCUT2D eigenvalue weighted by atomic mass is 16.5. The Labute approximate surface area is 130 Å². The Morgan fingerprint density at radius 3 is 2.41 bits per heavy atom. The van der Waals surface area contributed by atoms with Crippen molar-refractivity contribution in [3.05, 3.63) is 48.5 Å². The van der Waals surface area contributed by atoms with Crippen molar-refractivity contribution in [2.75, 3.05) is 11.9 Å². The number of rotatable bonds is 6. The lowest BCUT2D eigenvalue weighted by Crippen LogP contribution is -2.15. The number of ketones is 1. The lowest BCUT2D eigenvalue weighted by Gasteiger charge is -2.13. The first-order valence-corrected chi connectivity index (χ1v) is 7.21. The smallest absolute Gasteiger partial charge is 0.231 e. The van der Waals surface area contributed by atoms with Crippen molar-refractivity contribution in [3.63, 3.8) is 0 Å². The Balaban J connectivity index is 2.27. The van der Waals surface area contributed by atoms with Gasteiger partial charge in [0.2, 0.25) is 5.91 Å². The van der Waals surface area contributed by atoms with Gasteiger partial charge in [0.15, 0.2) is 0 Å². The van der Waals surface area contributed by atoms with Gasteiger partial charge >= 0.3 is 0 Å². The highest BCUT2D eigenvalue weighted by molar-refractivity contribution is 6.04. The van der Waals surface area contributed by atoms with Gasteiger partial charge in [0.05, 0.1) is 18.7 Å². The lowest BCUT2D eigenvalue weighted by molar-refractivity contribution is -0.124. The summed E-state index contributed by atoms with van der Waals surface area (Å²) in [5, 5.41) is 2.72. The zero-order chi connectivity index (χ0) is 15.9. The Kier molecular flexibility index (Phi) is 5.31. The van der Waals surface area contributed by atoms with Crippen LogP contribution in [-0.2, 0) is 9.59 Å². The summed E-state index contributed by atoms with van der Waals surface area (Å²) in [4.78, 5) is 22.7. The normalized spacial score (nSPS) is 10.1. The summed E-state index contributed by atoms with van der Waals surface area (Å²) in [6.07, 6.45) is -0.133. The number of hydrogen-bond donors (Lipinski definition) is 1. The van der Waals surface area contributed by atoms with Gasteiger partial charge in [-0.25, -0.2) is 0 Å². The summed E-state index contributed by atoms with van der Waals surface area (Å²) in [5.74, 6) is 0.0954. The van der Waals surface area contributed by atoms with E-state index in [1.807, 2.05) is 49.4 Å². The first kappa shape index (κ1) is 15.8. The van der Waals surface area contributed by atoms with Crippen LogP contribution in [0.4, 0.5) is 5.69 Å². The molecular formula is C18H19NO3. The molecule has 0 aliphatic rings. The van der Waals surface area contributed by atoms with E-state index >= 15 is 0 Å². The second kappa shape index (κ2) is 7.41. The largest absolute Gasteiger partial charge is 0.492 e. The van der Waals surface area contributed by atoms with Crippen molar-refractivity contribution in [1.29, 1.82) is 0 Å². The average Bonchev–Trinajstić information content (AvgIpc) is 2.49. The minimum Gasteiger partial charge on any atom is -0.492 e. The molecule has 22 heavy (non-hydrogen) atoms. The van der Waals surface area contributed by atoms with Crippen LogP contribution < -0.4 is 10.1 Å². The van der Waals surface area contributed by atoms with Crippen molar-refractivity contribution in [2.24, 2.45) is 0 Å². The molecule has 4 heteroatoms. The van der Waals surface area contributed by atoms with Gasteiger partial charge in [-0.3, -0.25) is 9.59 Å². The Morgan fingerprint density at radius 2 is 1.77 bits per heavy atom. The summed E-state index contributed by atoms with van der Waals surface area (Å²) < 4.78 is 5.61. The number of carbonyl (C=O) groups is 2. The minimum atomic E-state index is -0.332. The van der Waals surface area contributed by atoms with E-state index in [4.69, 9.17) is 4.74 Å². The molecule has 4 nitrogen and oxygen atoms in total. The fraction of sp³-hybridized carbons (Fsp3) is 0.222. The fourth-order valence-electron chi connectivity index (χ4n) is 2.13. The molecule has 2 aromatic rings. The molecule has 0 aromatic heterocycles. The maximum Gasteiger partial charge on any atom is 0.231 e. The third-order valence-corrected chi connectivity index (χ3v) is 3.07. The Hall–Kier alpha value is -2.62. The number of ether oxygens (including phenoxy) is 1.